The molecule has 3 fully saturated rings. The van der Waals surface area contributed by atoms with E-state index >= 15 is 0 Å². The molecule has 5 rings (SSSR count). The number of hydrogen-bond donors (Lipinski definition) is 2. The van der Waals surface area contributed by atoms with Crippen LogP contribution >= 0.6 is 0 Å². The molecule has 3 unspecified atom stereocenters. The molecule has 0 saturated carbocycles. The van der Waals surface area contributed by atoms with E-state index in [1.807, 2.05) is 44.2 Å². The molecule has 3 aliphatic rings. The Bertz CT molecular complexity index is 1350. The van der Waals surface area contributed by atoms with E-state index in [1.165, 1.54) is 0 Å². The van der Waals surface area contributed by atoms with Crippen molar-refractivity contribution in [1.82, 2.24) is 10.6 Å². The number of nitrogens with zero attached hydrogens (tertiary/aromatic N) is 2. The van der Waals surface area contributed by atoms with E-state index in [0.717, 1.165) is 53.7 Å². The van der Waals surface area contributed by atoms with Gasteiger partial charge in [-0.2, -0.15) is 0 Å². The van der Waals surface area contributed by atoms with Crippen LogP contribution in [0.3, 0.4) is 0 Å². The van der Waals surface area contributed by atoms with Gasteiger partial charge in [-0.25, -0.2) is 0 Å². The number of ether oxygens (including phenoxy) is 1. The number of piperidine rings is 1. The summed E-state index contributed by atoms with van der Waals surface area (Å²) in [6, 6.07) is 12.6. The molecule has 0 aliphatic carbocycles. The van der Waals surface area contributed by atoms with Crippen LogP contribution in [0.4, 0.5) is 5.69 Å². The lowest BCUT2D eigenvalue weighted by Gasteiger charge is -2.45. The summed E-state index contributed by atoms with van der Waals surface area (Å²) in [4.78, 5) is 28.9. The molecule has 0 radical (unpaired) electrons. The maximum Gasteiger partial charge on any atom is 0.251 e. The molecule has 2 aromatic rings. The SMILES string of the molecule is CCN(c1cc(-c2ccc(C[N+]3([O-])CCOCC3)cc2)cc(C(=O)NCC2C(=O)NC(C)CC2C)c1C)C1CCS(=O)CC1. The molecule has 10 heteroatoms. The number of quaternary nitrogens is 1. The maximum atomic E-state index is 13.8. The first kappa shape index (κ1) is 32.6. The highest BCUT2D eigenvalue weighted by Crippen LogP contribution is 2.34. The lowest BCUT2D eigenvalue weighted by atomic mass is 9.84. The normalized spacial score (nSPS) is 26.9. The molecule has 2 N–H and O–H groups in total. The van der Waals surface area contributed by atoms with E-state index in [0.29, 0.717) is 56.5 Å². The summed E-state index contributed by atoms with van der Waals surface area (Å²) >= 11 is 0. The Morgan fingerprint density at radius 1 is 1.11 bits per heavy atom. The van der Waals surface area contributed by atoms with Gasteiger partial charge in [-0.3, -0.25) is 13.8 Å². The Labute approximate surface area is 264 Å². The van der Waals surface area contributed by atoms with Crippen molar-refractivity contribution in [1.29, 1.82) is 0 Å². The van der Waals surface area contributed by atoms with Gasteiger partial charge >= 0.3 is 0 Å². The molecule has 2 aromatic carbocycles. The van der Waals surface area contributed by atoms with Gasteiger partial charge in [0, 0.05) is 64.3 Å². The fourth-order valence-corrected chi connectivity index (χ4v) is 8.34. The van der Waals surface area contributed by atoms with E-state index in [4.69, 9.17) is 4.74 Å². The third-order valence-electron chi connectivity index (χ3n) is 9.74. The molecule has 3 saturated heterocycles. The smallest absolute Gasteiger partial charge is 0.251 e. The van der Waals surface area contributed by atoms with Crippen molar-refractivity contribution in [2.75, 3.05) is 55.8 Å². The minimum Gasteiger partial charge on any atom is -0.632 e. The molecule has 0 spiro atoms. The largest absolute Gasteiger partial charge is 0.632 e. The lowest BCUT2D eigenvalue weighted by Crippen LogP contribution is -2.50. The van der Waals surface area contributed by atoms with Gasteiger partial charge in [0.1, 0.15) is 19.6 Å². The quantitative estimate of drug-likeness (QED) is 0.321. The summed E-state index contributed by atoms with van der Waals surface area (Å²) in [5, 5.41) is 19.2. The molecule has 0 aromatic heterocycles. The topological polar surface area (TPSA) is 111 Å². The average Bonchev–Trinajstić information content (AvgIpc) is 2.99. The van der Waals surface area contributed by atoms with Crippen LogP contribution in [-0.4, -0.2) is 83.7 Å². The minimum atomic E-state index is -0.763. The van der Waals surface area contributed by atoms with Crippen LogP contribution in [0, 0.1) is 24.0 Å². The van der Waals surface area contributed by atoms with Gasteiger partial charge in [-0.05, 0) is 74.8 Å². The van der Waals surface area contributed by atoms with Gasteiger partial charge in [0.15, 0.2) is 0 Å². The van der Waals surface area contributed by atoms with Crippen LogP contribution in [0.25, 0.3) is 11.1 Å². The maximum absolute atomic E-state index is 13.8. The van der Waals surface area contributed by atoms with Crippen molar-refractivity contribution >= 4 is 28.3 Å². The number of amides is 2. The van der Waals surface area contributed by atoms with Crippen LogP contribution in [0.5, 0.6) is 0 Å². The molecule has 3 heterocycles. The standard InChI is InChI=1S/C34H48N4O5S/c1-5-37(29-10-16-44(42)17-11-29)32-20-28(27-8-6-26(7-9-27)22-38(41)12-14-43-15-13-38)19-30(25(32)4)33(39)35-21-31-23(2)18-24(3)36-34(31)40/h6-9,19-20,23-24,29,31H,5,10-18,21-22H2,1-4H3,(H,35,39)(H,36,40). The van der Waals surface area contributed by atoms with Crippen molar-refractivity contribution in [2.24, 2.45) is 11.8 Å². The highest BCUT2D eigenvalue weighted by Gasteiger charge is 2.33. The van der Waals surface area contributed by atoms with Crippen LogP contribution in [0.1, 0.15) is 61.5 Å². The number of nitrogens with one attached hydrogen (secondary N) is 2. The van der Waals surface area contributed by atoms with Crippen LogP contribution in [0.15, 0.2) is 36.4 Å². The number of carbonyl (C=O) groups is 2. The molecule has 44 heavy (non-hydrogen) atoms. The number of anilines is 1. The summed E-state index contributed by atoms with van der Waals surface area (Å²) in [5.74, 6) is 1.11. The lowest BCUT2D eigenvalue weighted by molar-refractivity contribution is -0.901. The number of benzene rings is 2. The molecule has 9 nitrogen and oxygen atoms in total. The Hall–Kier alpha value is -2.79. The highest BCUT2D eigenvalue weighted by molar-refractivity contribution is 7.85. The zero-order chi connectivity index (χ0) is 31.4. The summed E-state index contributed by atoms with van der Waals surface area (Å²) in [7, 11) is -0.763. The molecular formula is C34H48N4O5S. The van der Waals surface area contributed by atoms with Crippen molar-refractivity contribution in [3.8, 4) is 11.1 Å². The second kappa shape index (κ2) is 14.1. The predicted octanol–water partition coefficient (Wildman–Crippen LogP) is 4.13. The van der Waals surface area contributed by atoms with Gasteiger partial charge in [0.25, 0.3) is 5.91 Å². The summed E-state index contributed by atoms with van der Waals surface area (Å²) in [6.45, 7) is 11.6. The number of carbonyl (C=O) groups excluding carboxylic acids is 2. The first-order valence-electron chi connectivity index (χ1n) is 16.2. The first-order chi connectivity index (χ1) is 21.1. The van der Waals surface area contributed by atoms with E-state index in [2.05, 4.69) is 35.4 Å². The molecule has 3 atom stereocenters. The fraction of sp³-hybridized carbons (Fsp3) is 0.588. The van der Waals surface area contributed by atoms with Gasteiger partial charge in [0.2, 0.25) is 5.91 Å². The molecule has 240 valence electrons. The van der Waals surface area contributed by atoms with E-state index < -0.39 is 10.8 Å². The number of rotatable bonds is 9. The van der Waals surface area contributed by atoms with Crippen molar-refractivity contribution in [2.45, 2.75) is 65.6 Å². The minimum absolute atomic E-state index is 0.00567. The highest BCUT2D eigenvalue weighted by atomic mass is 32.2. The molecule has 0 bridgehead atoms. The Morgan fingerprint density at radius 3 is 2.43 bits per heavy atom. The zero-order valence-electron chi connectivity index (χ0n) is 26.6. The zero-order valence-corrected chi connectivity index (χ0v) is 27.4. The second-order valence-corrected chi connectivity index (χ2v) is 14.6. The summed E-state index contributed by atoms with van der Waals surface area (Å²) in [5.41, 5.74) is 5.38. The fourth-order valence-electron chi connectivity index (χ4n) is 7.07. The van der Waals surface area contributed by atoms with Gasteiger partial charge < -0.3 is 30.1 Å². The third kappa shape index (κ3) is 7.53. The van der Waals surface area contributed by atoms with Crippen molar-refractivity contribution in [3.63, 3.8) is 0 Å². The van der Waals surface area contributed by atoms with Crippen molar-refractivity contribution in [3.05, 3.63) is 58.3 Å². The molecule has 3 aliphatic heterocycles. The summed E-state index contributed by atoms with van der Waals surface area (Å²) < 4.78 is 17.2. The van der Waals surface area contributed by atoms with E-state index in [9.17, 15) is 19.0 Å². The van der Waals surface area contributed by atoms with Gasteiger partial charge in [0.05, 0.1) is 19.1 Å². The van der Waals surface area contributed by atoms with Crippen LogP contribution < -0.4 is 15.5 Å². The Morgan fingerprint density at radius 2 is 1.80 bits per heavy atom. The average molecular weight is 625 g/mol. The van der Waals surface area contributed by atoms with E-state index in [1.54, 1.807) is 0 Å². The monoisotopic (exact) mass is 624 g/mol. The number of hydroxylamine groups is 3. The van der Waals surface area contributed by atoms with Crippen LogP contribution in [0.2, 0.25) is 0 Å². The van der Waals surface area contributed by atoms with Crippen molar-refractivity contribution < 1.29 is 23.2 Å². The first-order valence-corrected chi connectivity index (χ1v) is 17.6. The predicted molar refractivity (Wildman–Crippen MR) is 176 cm³/mol. The summed E-state index contributed by atoms with van der Waals surface area (Å²) in [6.07, 6.45) is 2.60. The Balaban J connectivity index is 1.44. The van der Waals surface area contributed by atoms with Gasteiger partial charge in [-0.1, -0.05) is 31.2 Å². The third-order valence-corrected chi connectivity index (χ3v) is 11.1. The second-order valence-electron chi connectivity index (χ2n) is 12.9. The number of morpholine rings is 1. The Kier molecular flexibility index (Phi) is 10.4. The number of hydrogen-bond acceptors (Lipinski definition) is 6. The molecular weight excluding hydrogens is 576 g/mol. The van der Waals surface area contributed by atoms with Gasteiger partial charge in [-0.15, -0.1) is 0 Å². The molecule has 2 amide bonds. The van der Waals surface area contributed by atoms with Crippen LogP contribution in [-0.2, 0) is 26.9 Å². The van der Waals surface area contributed by atoms with E-state index in [-0.39, 0.29) is 40.4 Å².